The molecule has 1 nitrogen and oxygen atoms in total. The summed E-state index contributed by atoms with van der Waals surface area (Å²) in [6.07, 6.45) is 2.61. The highest BCUT2D eigenvalue weighted by Gasteiger charge is 2.31. The molecular formula is C17H19N. The zero-order valence-electron chi connectivity index (χ0n) is 10.5. The van der Waals surface area contributed by atoms with Gasteiger partial charge in [0.05, 0.1) is 0 Å². The van der Waals surface area contributed by atoms with Gasteiger partial charge in [0.15, 0.2) is 0 Å². The smallest absolute Gasteiger partial charge is 0.0208 e. The molecule has 1 heteroatoms. The van der Waals surface area contributed by atoms with Gasteiger partial charge in [-0.05, 0) is 29.9 Å². The van der Waals surface area contributed by atoms with Gasteiger partial charge >= 0.3 is 0 Å². The molecule has 18 heavy (non-hydrogen) atoms. The third-order valence-electron chi connectivity index (χ3n) is 3.91. The fourth-order valence-corrected chi connectivity index (χ4v) is 2.69. The Bertz CT molecular complexity index is 477. The summed E-state index contributed by atoms with van der Waals surface area (Å²) in [5, 5.41) is 3.68. The van der Waals surface area contributed by atoms with Crippen molar-refractivity contribution in [1.82, 2.24) is 5.32 Å². The topological polar surface area (TPSA) is 12.0 Å². The molecule has 3 rings (SSSR count). The number of benzene rings is 2. The summed E-state index contributed by atoms with van der Waals surface area (Å²) >= 11 is 0. The van der Waals surface area contributed by atoms with Crippen molar-refractivity contribution in [2.75, 3.05) is 0 Å². The van der Waals surface area contributed by atoms with Gasteiger partial charge in [-0.15, -0.1) is 0 Å². The molecule has 1 fully saturated rings. The zero-order valence-corrected chi connectivity index (χ0v) is 10.5. The average molecular weight is 237 g/mol. The van der Waals surface area contributed by atoms with E-state index in [1.807, 2.05) is 0 Å². The quantitative estimate of drug-likeness (QED) is 0.854. The molecule has 1 aliphatic carbocycles. The van der Waals surface area contributed by atoms with Crippen LogP contribution in [0.1, 0.15) is 29.9 Å². The van der Waals surface area contributed by atoms with E-state index in [4.69, 9.17) is 0 Å². The molecule has 92 valence electrons. The van der Waals surface area contributed by atoms with Gasteiger partial charge < -0.3 is 5.32 Å². The van der Waals surface area contributed by atoms with Gasteiger partial charge in [0, 0.05) is 12.6 Å². The normalized spacial score (nSPS) is 22.4. The van der Waals surface area contributed by atoms with Crippen LogP contribution in [0.3, 0.4) is 0 Å². The van der Waals surface area contributed by atoms with E-state index in [0.29, 0.717) is 12.0 Å². The summed E-state index contributed by atoms with van der Waals surface area (Å²) < 4.78 is 0. The predicted molar refractivity (Wildman–Crippen MR) is 75.5 cm³/mol. The predicted octanol–water partition coefficient (Wildman–Crippen LogP) is 3.72. The fourth-order valence-electron chi connectivity index (χ4n) is 2.69. The molecule has 0 amide bonds. The highest BCUT2D eigenvalue weighted by atomic mass is 14.9. The van der Waals surface area contributed by atoms with Crippen LogP contribution in [-0.4, -0.2) is 6.04 Å². The summed E-state index contributed by atoms with van der Waals surface area (Å²) in [4.78, 5) is 0. The van der Waals surface area contributed by atoms with Crippen molar-refractivity contribution in [2.45, 2.75) is 31.3 Å². The van der Waals surface area contributed by atoms with Gasteiger partial charge in [0.1, 0.15) is 0 Å². The summed E-state index contributed by atoms with van der Waals surface area (Å²) in [6, 6.07) is 22.2. The SMILES string of the molecule is c1ccc(CN[C@@H]2CC[C@@H]2c2ccccc2)cc1. The molecule has 1 saturated carbocycles. The second-order valence-electron chi connectivity index (χ2n) is 5.07. The lowest BCUT2D eigenvalue weighted by molar-refractivity contribution is 0.282. The Morgan fingerprint density at radius 2 is 1.50 bits per heavy atom. The molecule has 2 atom stereocenters. The molecule has 2 aromatic rings. The summed E-state index contributed by atoms with van der Waals surface area (Å²) in [5.74, 6) is 0.704. The van der Waals surface area contributed by atoms with Gasteiger partial charge in [-0.2, -0.15) is 0 Å². The Labute approximate surface area is 109 Å². The van der Waals surface area contributed by atoms with Crippen LogP contribution in [0.4, 0.5) is 0 Å². The Hall–Kier alpha value is -1.60. The lowest BCUT2D eigenvalue weighted by Gasteiger charge is -2.38. The Morgan fingerprint density at radius 3 is 2.11 bits per heavy atom. The van der Waals surface area contributed by atoms with Crippen LogP contribution >= 0.6 is 0 Å². The monoisotopic (exact) mass is 237 g/mol. The highest BCUT2D eigenvalue weighted by Crippen LogP contribution is 2.36. The van der Waals surface area contributed by atoms with E-state index in [1.165, 1.54) is 24.0 Å². The molecule has 0 spiro atoms. The lowest BCUT2D eigenvalue weighted by atomic mass is 9.75. The van der Waals surface area contributed by atoms with Gasteiger partial charge in [-0.25, -0.2) is 0 Å². The minimum absolute atomic E-state index is 0.646. The van der Waals surface area contributed by atoms with Gasteiger partial charge in [-0.3, -0.25) is 0 Å². The minimum Gasteiger partial charge on any atom is -0.309 e. The van der Waals surface area contributed by atoms with E-state index in [2.05, 4.69) is 66.0 Å². The second-order valence-corrected chi connectivity index (χ2v) is 5.07. The van der Waals surface area contributed by atoms with Gasteiger partial charge in [0.2, 0.25) is 0 Å². The molecule has 1 N–H and O–H groups in total. The summed E-state index contributed by atoms with van der Waals surface area (Å²) in [6.45, 7) is 0.981. The Kier molecular flexibility index (Phi) is 3.42. The van der Waals surface area contributed by atoms with E-state index in [-0.39, 0.29) is 0 Å². The van der Waals surface area contributed by atoms with Crippen LogP contribution in [0.15, 0.2) is 60.7 Å². The highest BCUT2D eigenvalue weighted by molar-refractivity contribution is 5.24. The standard InChI is InChI=1S/C17H19N/c1-3-7-14(8-4-1)13-18-17-12-11-16(17)15-9-5-2-6-10-15/h1-10,16-18H,11-13H2/t16-,17-/m1/s1. The van der Waals surface area contributed by atoms with Crippen molar-refractivity contribution in [3.05, 3.63) is 71.8 Å². The molecule has 0 aliphatic heterocycles. The largest absolute Gasteiger partial charge is 0.309 e. The van der Waals surface area contributed by atoms with Crippen LogP contribution in [0.25, 0.3) is 0 Å². The van der Waals surface area contributed by atoms with Crippen LogP contribution in [-0.2, 0) is 6.54 Å². The van der Waals surface area contributed by atoms with Crippen LogP contribution in [0, 0.1) is 0 Å². The maximum atomic E-state index is 3.68. The molecule has 0 radical (unpaired) electrons. The summed E-state index contributed by atoms with van der Waals surface area (Å²) in [5.41, 5.74) is 2.85. The first kappa shape index (κ1) is 11.5. The molecule has 0 unspecified atom stereocenters. The number of hydrogen-bond acceptors (Lipinski definition) is 1. The first-order valence-electron chi connectivity index (χ1n) is 6.76. The van der Waals surface area contributed by atoms with Crippen LogP contribution in [0.5, 0.6) is 0 Å². The van der Waals surface area contributed by atoms with Crippen LogP contribution in [0.2, 0.25) is 0 Å². The van der Waals surface area contributed by atoms with E-state index in [0.717, 1.165) is 6.54 Å². The van der Waals surface area contributed by atoms with Gasteiger partial charge in [-0.1, -0.05) is 60.7 Å². The summed E-state index contributed by atoms with van der Waals surface area (Å²) in [7, 11) is 0. The van der Waals surface area contributed by atoms with Crippen LogP contribution < -0.4 is 5.32 Å². The first-order chi connectivity index (χ1) is 8.93. The molecule has 0 aromatic heterocycles. The molecule has 0 bridgehead atoms. The maximum Gasteiger partial charge on any atom is 0.0208 e. The fraction of sp³-hybridized carbons (Fsp3) is 0.294. The zero-order chi connectivity index (χ0) is 12.2. The van der Waals surface area contributed by atoms with Crippen molar-refractivity contribution < 1.29 is 0 Å². The van der Waals surface area contributed by atoms with E-state index >= 15 is 0 Å². The van der Waals surface area contributed by atoms with E-state index in [9.17, 15) is 0 Å². The third kappa shape index (κ3) is 2.46. The van der Waals surface area contributed by atoms with Crippen molar-refractivity contribution in [2.24, 2.45) is 0 Å². The minimum atomic E-state index is 0.646. The number of hydrogen-bond donors (Lipinski definition) is 1. The molecule has 2 aromatic carbocycles. The van der Waals surface area contributed by atoms with Crippen molar-refractivity contribution in [3.8, 4) is 0 Å². The van der Waals surface area contributed by atoms with Crippen molar-refractivity contribution >= 4 is 0 Å². The van der Waals surface area contributed by atoms with Crippen molar-refractivity contribution in [3.63, 3.8) is 0 Å². The number of rotatable bonds is 4. The number of nitrogens with one attached hydrogen (secondary N) is 1. The van der Waals surface area contributed by atoms with E-state index < -0.39 is 0 Å². The molecule has 0 heterocycles. The maximum absolute atomic E-state index is 3.68. The molecular weight excluding hydrogens is 218 g/mol. The molecule has 0 saturated heterocycles. The van der Waals surface area contributed by atoms with Crippen molar-refractivity contribution in [1.29, 1.82) is 0 Å². The van der Waals surface area contributed by atoms with Gasteiger partial charge in [0.25, 0.3) is 0 Å². The Balaban J connectivity index is 1.58. The average Bonchev–Trinajstić information content (AvgIpc) is 2.40. The second kappa shape index (κ2) is 5.36. The first-order valence-corrected chi connectivity index (χ1v) is 6.76. The Morgan fingerprint density at radius 1 is 0.833 bits per heavy atom. The van der Waals surface area contributed by atoms with E-state index in [1.54, 1.807) is 0 Å². The lowest BCUT2D eigenvalue weighted by Crippen LogP contribution is -2.41. The third-order valence-corrected chi connectivity index (χ3v) is 3.91. The molecule has 1 aliphatic rings.